The quantitative estimate of drug-likeness (QED) is 0.618. The molecule has 174 valence electrons. The molecule has 0 aliphatic carbocycles. The van der Waals surface area contributed by atoms with Gasteiger partial charge in [0.15, 0.2) is 0 Å². The van der Waals surface area contributed by atoms with Crippen LogP contribution in [0.25, 0.3) is 10.9 Å². The van der Waals surface area contributed by atoms with Gasteiger partial charge in [-0.15, -0.1) is 0 Å². The number of amides is 1. The van der Waals surface area contributed by atoms with Gasteiger partial charge in [0.2, 0.25) is 15.6 Å². The number of hydrogen-bond donors (Lipinski definition) is 2. The summed E-state index contributed by atoms with van der Waals surface area (Å²) in [5.74, 6) is -0.354. The van der Waals surface area contributed by atoms with Crippen LogP contribution in [0, 0.1) is 0 Å². The lowest BCUT2D eigenvalue weighted by Crippen LogP contribution is -2.35. The van der Waals surface area contributed by atoms with Crippen molar-refractivity contribution in [3.8, 4) is 0 Å². The number of benzene rings is 1. The number of aromatic amines is 1. The van der Waals surface area contributed by atoms with Gasteiger partial charge in [0.1, 0.15) is 0 Å². The van der Waals surface area contributed by atoms with E-state index >= 15 is 0 Å². The van der Waals surface area contributed by atoms with Crippen molar-refractivity contribution < 1.29 is 13.2 Å². The maximum atomic E-state index is 13.1. The van der Waals surface area contributed by atoms with Crippen molar-refractivity contribution in [1.82, 2.24) is 19.5 Å². The van der Waals surface area contributed by atoms with E-state index in [0.29, 0.717) is 30.5 Å². The van der Waals surface area contributed by atoms with Crippen LogP contribution in [0.4, 0.5) is 0 Å². The number of hydrogen-bond acceptors (Lipinski definition) is 5. The second-order valence-corrected chi connectivity index (χ2v) is 10.7. The van der Waals surface area contributed by atoms with E-state index in [4.69, 9.17) is 0 Å². The second kappa shape index (κ2) is 10.1. The molecule has 2 saturated heterocycles. The third-order valence-corrected chi connectivity index (χ3v) is 8.29. The highest BCUT2D eigenvalue weighted by atomic mass is 32.2. The number of carbonyl (C=O) groups excluding carboxylic acids is 1. The van der Waals surface area contributed by atoms with Gasteiger partial charge in [0.05, 0.1) is 10.5 Å². The first-order valence-electron chi connectivity index (χ1n) is 11.6. The average Bonchev–Trinajstić information content (AvgIpc) is 2.82. The number of H-pyrrole nitrogens is 1. The largest absolute Gasteiger partial charge is 0.352 e. The van der Waals surface area contributed by atoms with E-state index in [1.54, 1.807) is 6.07 Å². The fourth-order valence-corrected chi connectivity index (χ4v) is 6.16. The second-order valence-electron chi connectivity index (χ2n) is 8.73. The Kier molecular flexibility index (Phi) is 7.27. The number of nitrogens with zero attached hydrogens (tertiary/aromatic N) is 2. The van der Waals surface area contributed by atoms with Gasteiger partial charge in [0.25, 0.3) is 5.91 Å². The van der Waals surface area contributed by atoms with Crippen LogP contribution in [0.15, 0.2) is 34.0 Å². The number of pyridine rings is 1. The van der Waals surface area contributed by atoms with E-state index in [2.05, 4.69) is 15.2 Å². The molecule has 0 spiro atoms. The van der Waals surface area contributed by atoms with Crippen LogP contribution in [-0.2, 0) is 10.0 Å². The van der Waals surface area contributed by atoms with E-state index in [1.165, 1.54) is 41.8 Å². The minimum atomic E-state index is -3.64. The first-order valence-corrected chi connectivity index (χ1v) is 13.1. The van der Waals surface area contributed by atoms with Crippen molar-refractivity contribution in [1.29, 1.82) is 0 Å². The molecule has 2 fully saturated rings. The lowest BCUT2D eigenvalue weighted by molar-refractivity contribution is 0.0952. The Labute approximate surface area is 189 Å². The van der Waals surface area contributed by atoms with Crippen LogP contribution < -0.4 is 10.9 Å². The topological polar surface area (TPSA) is 103 Å². The molecule has 3 heterocycles. The molecule has 32 heavy (non-hydrogen) atoms. The number of nitrogens with one attached hydrogen (secondary N) is 2. The fourth-order valence-electron chi connectivity index (χ4n) is 4.62. The highest BCUT2D eigenvalue weighted by Crippen LogP contribution is 2.25. The van der Waals surface area contributed by atoms with Crippen molar-refractivity contribution in [2.24, 2.45) is 0 Å². The zero-order valence-corrected chi connectivity index (χ0v) is 19.3. The van der Waals surface area contributed by atoms with Crippen LogP contribution in [0.2, 0.25) is 0 Å². The van der Waals surface area contributed by atoms with E-state index in [9.17, 15) is 18.0 Å². The minimum absolute atomic E-state index is 0.151. The van der Waals surface area contributed by atoms with Gasteiger partial charge in [-0.2, -0.15) is 4.31 Å². The van der Waals surface area contributed by atoms with Gasteiger partial charge in [0, 0.05) is 36.6 Å². The maximum absolute atomic E-state index is 13.1. The van der Waals surface area contributed by atoms with E-state index in [1.807, 2.05) is 0 Å². The third-order valence-electron chi connectivity index (χ3n) is 6.40. The molecule has 2 aliphatic rings. The van der Waals surface area contributed by atoms with Gasteiger partial charge in [-0.1, -0.05) is 12.8 Å². The molecule has 0 radical (unpaired) electrons. The first kappa shape index (κ1) is 22.9. The van der Waals surface area contributed by atoms with Crippen molar-refractivity contribution in [3.05, 3.63) is 40.2 Å². The Hall–Kier alpha value is -2.23. The van der Waals surface area contributed by atoms with Gasteiger partial charge < -0.3 is 15.2 Å². The van der Waals surface area contributed by atoms with Crippen LogP contribution in [-0.4, -0.2) is 67.8 Å². The Balaban J connectivity index is 1.51. The van der Waals surface area contributed by atoms with Crippen molar-refractivity contribution in [3.63, 3.8) is 0 Å². The third kappa shape index (κ3) is 5.22. The summed E-state index contributed by atoms with van der Waals surface area (Å²) in [7, 11) is -3.64. The van der Waals surface area contributed by atoms with Gasteiger partial charge in [-0.25, -0.2) is 8.42 Å². The fraction of sp³-hybridized carbons (Fsp3) is 0.565. The molecule has 2 N–H and O–H groups in total. The van der Waals surface area contributed by atoms with Gasteiger partial charge in [-0.3, -0.25) is 9.59 Å². The zero-order chi connectivity index (χ0) is 22.6. The molecular formula is C23H32N4O4S. The van der Waals surface area contributed by atoms with Crippen LogP contribution in [0.5, 0.6) is 0 Å². The summed E-state index contributed by atoms with van der Waals surface area (Å²) in [6.45, 7) is 4.69. The molecule has 2 aliphatic heterocycles. The Morgan fingerprint density at radius 1 is 0.969 bits per heavy atom. The molecule has 8 nitrogen and oxygen atoms in total. The standard InChI is InChI=1S/C23H32N4O4S/c28-22-17-20(23(29)24-10-7-13-26-11-3-1-4-12-26)19-16-18(8-9-21(19)25-22)32(30,31)27-14-5-2-6-15-27/h8-9,16-17H,1-7,10-15H2,(H,24,29)(H,25,28). The predicted molar refractivity (Wildman–Crippen MR) is 124 cm³/mol. The zero-order valence-electron chi connectivity index (χ0n) is 18.4. The summed E-state index contributed by atoms with van der Waals surface area (Å²) >= 11 is 0. The summed E-state index contributed by atoms with van der Waals surface area (Å²) in [6, 6.07) is 5.83. The molecule has 1 aromatic heterocycles. The smallest absolute Gasteiger partial charge is 0.252 e. The van der Waals surface area contributed by atoms with Crippen LogP contribution >= 0.6 is 0 Å². The number of aromatic nitrogens is 1. The maximum Gasteiger partial charge on any atom is 0.252 e. The first-order chi connectivity index (χ1) is 15.4. The lowest BCUT2D eigenvalue weighted by atomic mass is 10.1. The highest BCUT2D eigenvalue weighted by molar-refractivity contribution is 7.89. The van der Waals surface area contributed by atoms with Crippen LogP contribution in [0.1, 0.15) is 55.3 Å². The summed E-state index contributed by atoms with van der Waals surface area (Å²) in [5.41, 5.74) is 0.272. The van der Waals surface area contributed by atoms with Crippen molar-refractivity contribution in [2.45, 2.75) is 49.8 Å². The minimum Gasteiger partial charge on any atom is -0.352 e. The summed E-state index contributed by atoms with van der Waals surface area (Å²) < 4.78 is 27.7. The molecule has 0 unspecified atom stereocenters. The number of sulfonamides is 1. The molecule has 2 aromatic rings. The predicted octanol–water partition coefficient (Wildman–Crippen LogP) is 2.31. The number of piperidine rings is 2. The van der Waals surface area contributed by atoms with E-state index in [-0.39, 0.29) is 21.9 Å². The number of likely N-dealkylation sites (tertiary alicyclic amines) is 1. The van der Waals surface area contributed by atoms with Gasteiger partial charge in [-0.05, 0) is 69.9 Å². The Morgan fingerprint density at radius 2 is 1.66 bits per heavy atom. The summed E-state index contributed by atoms with van der Waals surface area (Å²) in [4.78, 5) is 30.3. The molecule has 1 amide bonds. The molecule has 4 rings (SSSR count). The SMILES string of the molecule is O=C(NCCCN1CCCCC1)c1cc(=O)[nH]c2ccc(S(=O)(=O)N3CCCCC3)cc12. The molecule has 1 aromatic carbocycles. The Morgan fingerprint density at radius 3 is 2.38 bits per heavy atom. The van der Waals surface area contributed by atoms with Crippen molar-refractivity contribution >= 4 is 26.8 Å². The summed E-state index contributed by atoms with van der Waals surface area (Å²) in [6.07, 6.45) is 7.32. The number of fused-ring (bicyclic) bond motifs is 1. The lowest BCUT2D eigenvalue weighted by Gasteiger charge is -2.26. The van der Waals surface area contributed by atoms with Crippen molar-refractivity contribution in [2.75, 3.05) is 39.3 Å². The molecule has 0 saturated carbocycles. The van der Waals surface area contributed by atoms with E-state index in [0.717, 1.165) is 45.3 Å². The highest BCUT2D eigenvalue weighted by Gasteiger charge is 2.26. The molecule has 0 atom stereocenters. The normalized spacial score (nSPS) is 18.6. The molecule has 0 bridgehead atoms. The number of rotatable bonds is 7. The number of carbonyl (C=O) groups is 1. The Bertz CT molecular complexity index is 1120. The molecular weight excluding hydrogens is 428 g/mol. The summed E-state index contributed by atoms with van der Waals surface area (Å²) in [5, 5.41) is 3.34. The van der Waals surface area contributed by atoms with E-state index < -0.39 is 10.0 Å². The van der Waals surface area contributed by atoms with Crippen LogP contribution in [0.3, 0.4) is 0 Å². The monoisotopic (exact) mass is 460 g/mol. The molecule has 9 heteroatoms. The average molecular weight is 461 g/mol. The van der Waals surface area contributed by atoms with Gasteiger partial charge >= 0.3 is 0 Å².